The molecule has 1 aliphatic heterocycles. The van der Waals surface area contributed by atoms with Crippen LogP contribution in [-0.4, -0.2) is 13.2 Å². The molecule has 4 heteroatoms. The first kappa shape index (κ1) is 34.4. The van der Waals surface area contributed by atoms with E-state index in [1.54, 1.807) is 0 Å². The van der Waals surface area contributed by atoms with Gasteiger partial charge in [0, 0.05) is 5.56 Å². The smallest absolute Gasteiger partial charge is 0.184 e. The molecule has 0 saturated carbocycles. The van der Waals surface area contributed by atoms with Gasteiger partial charge >= 0.3 is 0 Å². The van der Waals surface area contributed by atoms with Crippen LogP contribution in [0.5, 0.6) is 0 Å². The van der Waals surface area contributed by atoms with Crippen molar-refractivity contribution < 1.29 is 9.47 Å². The zero-order valence-electron chi connectivity index (χ0n) is 29.4. The summed E-state index contributed by atoms with van der Waals surface area (Å²) in [5, 5.41) is 8.25. The fourth-order valence-corrected chi connectivity index (χ4v) is 16.4. The number of ether oxygens (including phenoxy) is 2. The lowest BCUT2D eigenvalue weighted by molar-refractivity contribution is -0.183. The molecule has 0 aliphatic carbocycles. The summed E-state index contributed by atoms with van der Waals surface area (Å²) in [7, 11) is -4.27. The maximum atomic E-state index is 6.47. The molecule has 7 aromatic carbocycles. The normalized spacial score (nSPS) is 13.8. The fourth-order valence-electron chi connectivity index (χ4n) is 7.84. The minimum absolute atomic E-state index is 0.411. The highest BCUT2D eigenvalue weighted by Gasteiger charge is 2.48. The first-order chi connectivity index (χ1) is 25.8. The highest BCUT2D eigenvalue weighted by molar-refractivity contribution is 7.95. The van der Waals surface area contributed by atoms with E-state index in [0.717, 1.165) is 24.3 Å². The monoisotopic (exact) mass is 714 g/mol. The molecule has 0 N–H and O–H groups in total. The van der Waals surface area contributed by atoms with Crippen molar-refractivity contribution in [3.63, 3.8) is 0 Å². The van der Waals surface area contributed by atoms with Crippen molar-refractivity contribution in [3.05, 3.63) is 217 Å². The van der Waals surface area contributed by atoms with Gasteiger partial charge in [0.05, 0.1) is 25.5 Å². The van der Waals surface area contributed by atoms with Crippen LogP contribution in [0.25, 0.3) is 0 Å². The Bertz CT molecular complexity index is 1960. The largest absolute Gasteiger partial charge is 0.348 e. The van der Waals surface area contributed by atoms with Crippen LogP contribution in [0, 0.1) is 0 Å². The van der Waals surface area contributed by atoms with Crippen LogP contribution in [0.2, 0.25) is 0 Å². The first-order valence-electron chi connectivity index (χ1n) is 18.2. The summed E-state index contributed by atoms with van der Waals surface area (Å²) < 4.78 is 12.9. The van der Waals surface area contributed by atoms with Gasteiger partial charge in [0.25, 0.3) is 0 Å². The Morgan fingerprint density at radius 2 is 0.712 bits per heavy atom. The molecule has 0 amide bonds. The molecule has 256 valence electrons. The molecular formula is C48H44O2P2+2. The average molecular weight is 715 g/mol. The molecule has 7 aromatic rings. The molecule has 0 spiro atoms. The second-order valence-corrected chi connectivity index (χ2v) is 20.4. The van der Waals surface area contributed by atoms with Crippen molar-refractivity contribution in [1.29, 1.82) is 0 Å². The predicted molar refractivity (Wildman–Crippen MR) is 223 cm³/mol. The SMILES string of the molecule is c1ccc([P+](Cc2ccc(C[P+](c3ccccc3)(c3ccccc3)c3ccccc3)c(C3OCCCO3)c2)(c2ccccc2)c2ccccc2)cc1. The van der Waals surface area contributed by atoms with Crippen molar-refractivity contribution in [2.45, 2.75) is 25.0 Å². The van der Waals surface area contributed by atoms with E-state index in [4.69, 9.17) is 9.47 Å². The van der Waals surface area contributed by atoms with Gasteiger partial charge in [0.15, 0.2) is 6.29 Å². The van der Waals surface area contributed by atoms with Crippen LogP contribution in [0.4, 0.5) is 0 Å². The molecule has 0 atom stereocenters. The highest BCUT2D eigenvalue weighted by atomic mass is 31.2. The maximum absolute atomic E-state index is 6.47. The number of hydrogen-bond donors (Lipinski definition) is 0. The maximum Gasteiger partial charge on any atom is 0.184 e. The van der Waals surface area contributed by atoms with Crippen molar-refractivity contribution in [2.75, 3.05) is 13.2 Å². The van der Waals surface area contributed by atoms with E-state index in [2.05, 4.69) is 200 Å². The first-order valence-corrected chi connectivity index (χ1v) is 22.2. The van der Waals surface area contributed by atoms with E-state index in [1.165, 1.54) is 43.0 Å². The summed E-state index contributed by atoms with van der Waals surface area (Å²) in [4.78, 5) is 0. The lowest BCUT2D eigenvalue weighted by Crippen LogP contribution is -2.33. The van der Waals surface area contributed by atoms with Crippen LogP contribution in [0.3, 0.4) is 0 Å². The Morgan fingerprint density at radius 1 is 0.385 bits per heavy atom. The van der Waals surface area contributed by atoms with Gasteiger partial charge < -0.3 is 9.47 Å². The van der Waals surface area contributed by atoms with Crippen LogP contribution in [-0.2, 0) is 21.8 Å². The third kappa shape index (κ3) is 6.81. The Morgan fingerprint density at radius 3 is 1.06 bits per heavy atom. The molecule has 1 fully saturated rings. The van der Waals surface area contributed by atoms with Crippen molar-refractivity contribution in [3.8, 4) is 0 Å². The Labute approximate surface area is 309 Å². The standard InChI is InChI=1S/C48H44O2P2/c1-7-20-41(21-8-1)51(42-22-9-2-10-23-42,43-24-11-3-12-25-43)37-39-32-33-40(47(36-39)48-49-34-19-35-50-48)38-52(44-26-13-4-14-27-44,45-28-15-5-16-29-45)46-30-17-6-18-31-46/h1-18,20-33,36,48H,19,34-35,37-38H2/q+2. The second-order valence-electron chi connectivity index (χ2n) is 13.4. The van der Waals surface area contributed by atoms with E-state index in [1.807, 2.05) is 0 Å². The van der Waals surface area contributed by atoms with Gasteiger partial charge in [-0.1, -0.05) is 121 Å². The van der Waals surface area contributed by atoms with Gasteiger partial charge in [0.1, 0.15) is 46.4 Å². The third-order valence-corrected chi connectivity index (χ3v) is 19.0. The number of rotatable bonds is 11. The van der Waals surface area contributed by atoms with Crippen molar-refractivity contribution >= 4 is 46.4 Å². The van der Waals surface area contributed by atoms with Gasteiger partial charge in [-0.3, -0.25) is 0 Å². The molecular weight excluding hydrogens is 670 g/mol. The molecule has 1 aliphatic rings. The van der Waals surface area contributed by atoms with Crippen molar-refractivity contribution in [2.24, 2.45) is 0 Å². The molecule has 52 heavy (non-hydrogen) atoms. The Balaban J connectivity index is 1.32. The topological polar surface area (TPSA) is 18.5 Å². The second kappa shape index (κ2) is 15.9. The van der Waals surface area contributed by atoms with E-state index in [0.29, 0.717) is 13.2 Å². The third-order valence-electron chi connectivity index (χ3n) is 10.3. The summed E-state index contributed by atoms with van der Waals surface area (Å²) in [6.45, 7) is 1.39. The number of benzene rings is 7. The molecule has 0 unspecified atom stereocenters. The van der Waals surface area contributed by atoms with Crippen LogP contribution in [0.15, 0.2) is 200 Å². The van der Waals surface area contributed by atoms with E-state index >= 15 is 0 Å². The summed E-state index contributed by atoms with van der Waals surface area (Å²) in [5.74, 6) is 0. The zero-order valence-corrected chi connectivity index (χ0v) is 31.2. The minimum atomic E-state index is -2.16. The van der Waals surface area contributed by atoms with Gasteiger partial charge in [-0.05, 0) is 96.4 Å². The highest BCUT2D eigenvalue weighted by Crippen LogP contribution is 2.60. The van der Waals surface area contributed by atoms with Gasteiger partial charge in [0.2, 0.25) is 0 Å². The molecule has 2 nitrogen and oxygen atoms in total. The van der Waals surface area contributed by atoms with Crippen molar-refractivity contribution in [1.82, 2.24) is 0 Å². The summed E-state index contributed by atoms with van der Waals surface area (Å²) in [6.07, 6.45) is 2.25. The predicted octanol–water partition coefficient (Wildman–Crippen LogP) is 9.11. The quantitative estimate of drug-likeness (QED) is 0.125. The Kier molecular flexibility index (Phi) is 10.5. The summed E-state index contributed by atoms with van der Waals surface area (Å²) in [6, 6.07) is 74.1. The number of hydrogen-bond acceptors (Lipinski definition) is 2. The lowest BCUT2D eigenvalue weighted by Gasteiger charge is -2.31. The molecule has 0 aromatic heterocycles. The van der Waals surface area contributed by atoms with Crippen LogP contribution < -0.4 is 31.8 Å². The van der Waals surface area contributed by atoms with E-state index < -0.39 is 20.8 Å². The summed E-state index contributed by atoms with van der Waals surface area (Å²) in [5.41, 5.74) is 3.73. The fraction of sp³-hybridized carbons (Fsp3) is 0.125. The minimum Gasteiger partial charge on any atom is -0.348 e. The van der Waals surface area contributed by atoms with E-state index in [9.17, 15) is 0 Å². The summed E-state index contributed by atoms with van der Waals surface area (Å²) >= 11 is 0. The molecule has 1 saturated heterocycles. The van der Waals surface area contributed by atoms with Gasteiger partial charge in [-0.25, -0.2) is 0 Å². The Hall–Kier alpha value is -4.68. The lowest BCUT2D eigenvalue weighted by atomic mass is 10.0. The molecule has 0 bridgehead atoms. The van der Waals surface area contributed by atoms with Crippen LogP contribution >= 0.6 is 14.5 Å². The van der Waals surface area contributed by atoms with Gasteiger partial charge in [-0.2, -0.15) is 0 Å². The molecule has 1 heterocycles. The molecule has 8 rings (SSSR count). The zero-order chi connectivity index (χ0) is 35.1. The average Bonchev–Trinajstić information content (AvgIpc) is 3.24. The van der Waals surface area contributed by atoms with E-state index in [-0.39, 0.29) is 0 Å². The molecule has 0 radical (unpaired) electrons. The van der Waals surface area contributed by atoms with Gasteiger partial charge in [-0.15, -0.1) is 0 Å². The van der Waals surface area contributed by atoms with Crippen LogP contribution in [0.1, 0.15) is 29.4 Å².